The molecule has 102 valence electrons. The van der Waals surface area contributed by atoms with Crippen molar-refractivity contribution in [2.24, 2.45) is 0 Å². The molecule has 0 amide bonds. The van der Waals surface area contributed by atoms with Crippen molar-refractivity contribution in [3.8, 4) is 0 Å². The minimum Gasteiger partial charge on any atom is -0.397 e. The maximum atomic E-state index is 11.3. The van der Waals surface area contributed by atoms with E-state index in [0.29, 0.717) is 5.69 Å². The Kier molecular flexibility index (Phi) is 2.71. The zero-order chi connectivity index (χ0) is 14.3. The van der Waals surface area contributed by atoms with Crippen molar-refractivity contribution in [2.75, 3.05) is 17.7 Å². The van der Waals surface area contributed by atoms with E-state index in [1.165, 1.54) is 0 Å². The maximum Gasteiger partial charge on any atom is 0.323 e. The number of pyridine rings is 1. The lowest BCUT2D eigenvalue weighted by atomic mass is 10.2. The predicted molar refractivity (Wildman–Crippen MR) is 80.4 cm³/mol. The quantitative estimate of drug-likeness (QED) is 0.662. The van der Waals surface area contributed by atoms with E-state index in [0.717, 1.165) is 28.2 Å². The third-order valence-corrected chi connectivity index (χ3v) is 3.34. The number of aromatic nitrogens is 3. The summed E-state index contributed by atoms with van der Waals surface area (Å²) in [4.78, 5) is 23.1. The number of nitrogens with zero attached hydrogens (tertiary/aromatic N) is 2. The summed E-state index contributed by atoms with van der Waals surface area (Å²) in [6.07, 6.45) is 0. The molecular weight excluding hydrogens is 254 g/mol. The maximum absolute atomic E-state index is 11.3. The molecule has 2 heterocycles. The third kappa shape index (κ3) is 2.01. The minimum atomic E-state index is -0.207. The molecule has 1 aromatic carbocycles. The fraction of sp³-hybridized carbons (Fsp3) is 0.143. The second-order valence-corrected chi connectivity index (χ2v) is 4.71. The number of benzene rings is 1. The number of nitrogens with one attached hydrogen (secondary N) is 2. The van der Waals surface area contributed by atoms with Gasteiger partial charge in [-0.05, 0) is 37.3 Å². The summed E-state index contributed by atoms with van der Waals surface area (Å²) in [6, 6.07) is 9.40. The van der Waals surface area contributed by atoms with Crippen LogP contribution in [0.2, 0.25) is 0 Å². The molecule has 4 N–H and O–H groups in total. The first-order valence-corrected chi connectivity index (χ1v) is 6.23. The Morgan fingerprint density at radius 1 is 1.15 bits per heavy atom. The van der Waals surface area contributed by atoms with Crippen LogP contribution in [0.5, 0.6) is 0 Å². The summed E-state index contributed by atoms with van der Waals surface area (Å²) in [5.74, 6) is 0.800. The van der Waals surface area contributed by atoms with Crippen molar-refractivity contribution < 1.29 is 0 Å². The third-order valence-electron chi connectivity index (χ3n) is 3.34. The van der Waals surface area contributed by atoms with E-state index in [9.17, 15) is 4.79 Å². The highest BCUT2D eigenvalue weighted by Crippen LogP contribution is 2.25. The van der Waals surface area contributed by atoms with Crippen LogP contribution in [0.1, 0.15) is 5.69 Å². The summed E-state index contributed by atoms with van der Waals surface area (Å²) in [6.45, 7) is 1.87. The first kappa shape index (κ1) is 12.3. The zero-order valence-corrected chi connectivity index (χ0v) is 11.3. The van der Waals surface area contributed by atoms with Crippen LogP contribution in [-0.4, -0.2) is 22.0 Å². The largest absolute Gasteiger partial charge is 0.397 e. The van der Waals surface area contributed by atoms with Crippen LogP contribution in [0.25, 0.3) is 11.0 Å². The predicted octanol–water partition coefficient (Wildman–Crippen LogP) is 1.91. The van der Waals surface area contributed by atoms with Crippen LogP contribution in [0, 0.1) is 6.92 Å². The molecule has 2 aromatic heterocycles. The van der Waals surface area contributed by atoms with Gasteiger partial charge in [0.25, 0.3) is 0 Å². The normalized spacial score (nSPS) is 10.9. The standard InChI is InChI=1S/C14H15N5O/c1-8-10(15)4-6-13(16-8)19(2)9-3-5-11-12(7-9)18-14(20)17-11/h3-7H,15H2,1-2H3,(H2,17,18,20). The molecule has 0 spiro atoms. The van der Waals surface area contributed by atoms with E-state index in [4.69, 9.17) is 5.73 Å². The van der Waals surface area contributed by atoms with Crippen LogP contribution in [0.15, 0.2) is 35.1 Å². The lowest BCUT2D eigenvalue weighted by molar-refractivity contribution is 1.10. The molecule has 3 rings (SSSR count). The number of rotatable bonds is 2. The van der Waals surface area contributed by atoms with Crippen molar-refractivity contribution in [3.05, 3.63) is 46.5 Å². The number of aromatic amines is 2. The van der Waals surface area contributed by atoms with Crippen LogP contribution in [-0.2, 0) is 0 Å². The van der Waals surface area contributed by atoms with Gasteiger partial charge in [-0.15, -0.1) is 0 Å². The number of fused-ring (bicyclic) bond motifs is 1. The number of nitrogen functional groups attached to an aromatic ring is 1. The molecule has 0 atom stereocenters. The number of hydrogen-bond donors (Lipinski definition) is 3. The first-order valence-electron chi connectivity index (χ1n) is 6.23. The molecule has 0 saturated heterocycles. The first-order chi connectivity index (χ1) is 9.54. The molecule has 0 aliphatic rings. The van der Waals surface area contributed by atoms with Gasteiger partial charge in [0.15, 0.2) is 0 Å². The molecule has 0 fully saturated rings. The number of hydrogen-bond acceptors (Lipinski definition) is 4. The SMILES string of the molecule is Cc1nc(N(C)c2ccc3[nH]c(=O)[nH]c3c2)ccc1N. The van der Waals surface area contributed by atoms with Gasteiger partial charge >= 0.3 is 5.69 Å². The van der Waals surface area contributed by atoms with Crippen molar-refractivity contribution >= 4 is 28.2 Å². The van der Waals surface area contributed by atoms with Crippen LogP contribution in [0.3, 0.4) is 0 Å². The minimum absolute atomic E-state index is 0.207. The van der Waals surface area contributed by atoms with Gasteiger partial charge in [0.2, 0.25) is 0 Å². The number of anilines is 3. The highest BCUT2D eigenvalue weighted by Gasteiger charge is 2.08. The van der Waals surface area contributed by atoms with Gasteiger partial charge in [-0.3, -0.25) is 0 Å². The van der Waals surface area contributed by atoms with Gasteiger partial charge in [0.05, 0.1) is 22.4 Å². The second-order valence-electron chi connectivity index (χ2n) is 4.71. The number of aryl methyl sites for hydroxylation is 1. The Morgan fingerprint density at radius 3 is 2.65 bits per heavy atom. The topological polar surface area (TPSA) is 90.8 Å². The van der Waals surface area contributed by atoms with Gasteiger partial charge in [-0.1, -0.05) is 0 Å². The van der Waals surface area contributed by atoms with Crippen LogP contribution < -0.4 is 16.3 Å². The Balaban J connectivity index is 2.04. The summed E-state index contributed by atoms with van der Waals surface area (Å²) >= 11 is 0. The molecule has 0 unspecified atom stereocenters. The van der Waals surface area contributed by atoms with Crippen molar-refractivity contribution in [3.63, 3.8) is 0 Å². The molecule has 20 heavy (non-hydrogen) atoms. The average molecular weight is 269 g/mol. The lowest BCUT2D eigenvalue weighted by Gasteiger charge is -2.19. The van der Waals surface area contributed by atoms with E-state index in [-0.39, 0.29) is 5.69 Å². The molecule has 3 aromatic rings. The molecule has 0 radical (unpaired) electrons. The van der Waals surface area contributed by atoms with E-state index >= 15 is 0 Å². The van der Waals surface area contributed by atoms with E-state index < -0.39 is 0 Å². The highest BCUT2D eigenvalue weighted by atomic mass is 16.1. The van der Waals surface area contributed by atoms with Crippen molar-refractivity contribution in [1.82, 2.24) is 15.0 Å². The van der Waals surface area contributed by atoms with Gasteiger partial charge < -0.3 is 20.6 Å². The van der Waals surface area contributed by atoms with Crippen molar-refractivity contribution in [2.45, 2.75) is 6.92 Å². The molecule has 6 heteroatoms. The Labute approximate surface area is 115 Å². The fourth-order valence-corrected chi connectivity index (χ4v) is 2.11. The summed E-state index contributed by atoms with van der Waals surface area (Å²) in [5, 5.41) is 0. The number of nitrogens with two attached hydrogens (primary N) is 1. The Hall–Kier alpha value is -2.76. The van der Waals surface area contributed by atoms with Gasteiger partial charge in [0, 0.05) is 12.7 Å². The van der Waals surface area contributed by atoms with Crippen LogP contribution in [0.4, 0.5) is 17.2 Å². The smallest absolute Gasteiger partial charge is 0.323 e. The van der Waals surface area contributed by atoms with Crippen LogP contribution >= 0.6 is 0 Å². The van der Waals surface area contributed by atoms with Gasteiger partial charge in [-0.25, -0.2) is 9.78 Å². The van der Waals surface area contributed by atoms with E-state index in [1.807, 2.05) is 49.2 Å². The second kappa shape index (κ2) is 4.41. The molecule has 6 nitrogen and oxygen atoms in total. The molecular formula is C14H15N5O. The van der Waals surface area contributed by atoms with E-state index in [1.54, 1.807) is 0 Å². The fourth-order valence-electron chi connectivity index (χ4n) is 2.11. The monoisotopic (exact) mass is 269 g/mol. The zero-order valence-electron chi connectivity index (χ0n) is 11.3. The summed E-state index contributed by atoms with van der Waals surface area (Å²) in [5.41, 5.74) is 9.53. The molecule has 0 aliphatic heterocycles. The van der Waals surface area contributed by atoms with Crippen molar-refractivity contribution in [1.29, 1.82) is 0 Å². The van der Waals surface area contributed by atoms with E-state index in [2.05, 4.69) is 15.0 Å². The summed E-state index contributed by atoms with van der Waals surface area (Å²) in [7, 11) is 1.92. The highest BCUT2D eigenvalue weighted by molar-refractivity contribution is 5.80. The summed E-state index contributed by atoms with van der Waals surface area (Å²) < 4.78 is 0. The average Bonchev–Trinajstić information content (AvgIpc) is 2.80. The molecule has 0 aliphatic carbocycles. The Bertz CT molecular complexity index is 833. The van der Waals surface area contributed by atoms with Gasteiger partial charge in [-0.2, -0.15) is 0 Å². The molecule has 0 bridgehead atoms. The number of H-pyrrole nitrogens is 2. The Morgan fingerprint density at radius 2 is 1.90 bits per heavy atom. The van der Waals surface area contributed by atoms with Gasteiger partial charge in [0.1, 0.15) is 5.82 Å². The molecule has 0 saturated carbocycles. The number of imidazole rings is 1. The lowest BCUT2D eigenvalue weighted by Crippen LogP contribution is -2.12.